The lowest BCUT2D eigenvalue weighted by molar-refractivity contribution is 0.0526. The molecule has 0 fully saturated rings. The molecule has 3 heteroatoms. The van der Waals surface area contributed by atoms with Gasteiger partial charge in [0, 0.05) is 0 Å². The Kier molecular flexibility index (Phi) is 4.15. The van der Waals surface area contributed by atoms with Crippen molar-refractivity contribution in [3.8, 4) is 0 Å². The number of ether oxygens (including phenoxy) is 1. The highest BCUT2D eigenvalue weighted by atomic mass is 16.5. The molecule has 0 unspecified atom stereocenters. The van der Waals surface area contributed by atoms with Crippen LogP contribution in [0.2, 0.25) is 0 Å². The number of aliphatic hydroxyl groups excluding tert-OH is 1. The van der Waals surface area contributed by atoms with Crippen molar-refractivity contribution in [2.45, 2.75) is 32.3 Å². The molecule has 1 N–H and O–H groups in total. The lowest BCUT2D eigenvalue weighted by Crippen LogP contribution is -2.10. The van der Waals surface area contributed by atoms with E-state index in [4.69, 9.17) is 4.74 Å². The molecule has 0 amide bonds. The number of carbonyl (C=O) groups excluding carboxylic acids is 1. The largest absolute Gasteiger partial charge is 0.462 e. The van der Waals surface area contributed by atoms with Crippen LogP contribution in [0.5, 0.6) is 0 Å². The van der Waals surface area contributed by atoms with Crippen LogP contribution in [0, 0.1) is 0 Å². The van der Waals surface area contributed by atoms with E-state index in [0.717, 1.165) is 18.4 Å². The maximum absolute atomic E-state index is 11.7. The van der Waals surface area contributed by atoms with Gasteiger partial charge in [0.2, 0.25) is 0 Å². The summed E-state index contributed by atoms with van der Waals surface area (Å²) in [6.45, 7) is 2.19. The van der Waals surface area contributed by atoms with Gasteiger partial charge in [-0.3, -0.25) is 0 Å². The Bertz CT molecular complexity index is 463. The molecule has 1 aromatic carbocycles. The first-order valence-electron chi connectivity index (χ1n) is 6.35. The van der Waals surface area contributed by atoms with Crippen molar-refractivity contribution in [1.29, 1.82) is 0 Å². The van der Waals surface area contributed by atoms with Gasteiger partial charge in [-0.2, -0.15) is 0 Å². The Hall–Kier alpha value is -1.61. The Morgan fingerprint density at radius 2 is 2.33 bits per heavy atom. The van der Waals surface area contributed by atoms with E-state index in [1.807, 2.05) is 18.2 Å². The van der Waals surface area contributed by atoms with Gasteiger partial charge in [0.05, 0.1) is 18.3 Å². The minimum absolute atomic E-state index is 0.220. The second-order valence-corrected chi connectivity index (χ2v) is 4.46. The van der Waals surface area contributed by atoms with E-state index < -0.39 is 0 Å². The van der Waals surface area contributed by atoms with Gasteiger partial charge in [0.15, 0.2) is 0 Å². The fraction of sp³-hybridized carbons (Fsp3) is 0.400. The van der Waals surface area contributed by atoms with Crippen LogP contribution in [-0.4, -0.2) is 23.8 Å². The average Bonchev–Trinajstić information content (AvgIpc) is 2.40. The Morgan fingerprint density at radius 3 is 3.00 bits per heavy atom. The average molecular weight is 246 g/mol. The van der Waals surface area contributed by atoms with E-state index in [-0.39, 0.29) is 12.1 Å². The number of esters is 1. The van der Waals surface area contributed by atoms with Gasteiger partial charge in [0.25, 0.3) is 0 Å². The maximum atomic E-state index is 11.7. The molecule has 1 atom stereocenters. The highest BCUT2D eigenvalue weighted by molar-refractivity contribution is 5.90. The number of rotatable bonds is 3. The Labute approximate surface area is 107 Å². The summed E-state index contributed by atoms with van der Waals surface area (Å²) in [6.07, 6.45) is 4.17. The van der Waals surface area contributed by atoms with Crippen molar-refractivity contribution in [1.82, 2.24) is 0 Å². The molecule has 2 rings (SSSR count). The van der Waals surface area contributed by atoms with Gasteiger partial charge in [-0.25, -0.2) is 4.79 Å². The van der Waals surface area contributed by atoms with Crippen LogP contribution in [0.15, 0.2) is 30.3 Å². The number of allylic oxidation sites excluding steroid dienone is 1. The minimum Gasteiger partial charge on any atom is -0.462 e. The highest BCUT2D eigenvalue weighted by Gasteiger charge is 2.14. The predicted octanol–water partition coefficient (Wildman–Crippen LogP) is 2.79. The van der Waals surface area contributed by atoms with Crippen molar-refractivity contribution in [2.75, 3.05) is 6.61 Å². The normalized spacial score (nSPS) is 19.2. The fourth-order valence-electron chi connectivity index (χ4n) is 2.14. The predicted molar refractivity (Wildman–Crippen MR) is 70.2 cm³/mol. The van der Waals surface area contributed by atoms with Crippen molar-refractivity contribution < 1.29 is 14.6 Å². The van der Waals surface area contributed by atoms with Crippen LogP contribution in [0.25, 0.3) is 5.57 Å². The third-order valence-corrected chi connectivity index (χ3v) is 3.13. The molecule has 0 saturated carbocycles. The van der Waals surface area contributed by atoms with Gasteiger partial charge in [-0.1, -0.05) is 18.2 Å². The molecule has 0 bridgehead atoms. The summed E-state index contributed by atoms with van der Waals surface area (Å²) >= 11 is 0. The Balaban J connectivity index is 2.19. The van der Waals surface area contributed by atoms with Crippen molar-refractivity contribution in [2.24, 2.45) is 0 Å². The van der Waals surface area contributed by atoms with Crippen molar-refractivity contribution >= 4 is 11.5 Å². The summed E-state index contributed by atoms with van der Waals surface area (Å²) in [5.41, 5.74) is 2.83. The maximum Gasteiger partial charge on any atom is 0.338 e. The van der Waals surface area contributed by atoms with Crippen molar-refractivity contribution in [3.05, 3.63) is 41.5 Å². The van der Waals surface area contributed by atoms with E-state index in [0.29, 0.717) is 18.6 Å². The topological polar surface area (TPSA) is 46.5 Å². The highest BCUT2D eigenvalue weighted by Crippen LogP contribution is 2.27. The van der Waals surface area contributed by atoms with E-state index in [1.165, 1.54) is 5.57 Å². The van der Waals surface area contributed by atoms with Gasteiger partial charge in [0.1, 0.15) is 0 Å². The summed E-state index contributed by atoms with van der Waals surface area (Å²) < 4.78 is 4.99. The van der Waals surface area contributed by atoms with Crippen LogP contribution in [0.4, 0.5) is 0 Å². The second kappa shape index (κ2) is 5.83. The molecule has 0 spiro atoms. The van der Waals surface area contributed by atoms with Crippen LogP contribution in [-0.2, 0) is 4.74 Å². The third kappa shape index (κ3) is 2.99. The molecule has 0 aromatic heterocycles. The summed E-state index contributed by atoms with van der Waals surface area (Å²) in [7, 11) is 0. The minimum atomic E-state index is -0.282. The van der Waals surface area contributed by atoms with Crippen LogP contribution < -0.4 is 0 Å². The first-order valence-corrected chi connectivity index (χ1v) is 6.35. The summed E-state index contributed by atoms with van der Waals surface area (Å²) in [5.74, 6) is -0.282. The zero-order chi connectivity index (χ0) is 13.0. The first-order chi connectivity index (χ1) is 8.70. The first kappa shape index (κ1) is 12.8. The van der Waals surface area contributed by atoms with E-state index in [2.05, 4.69) is 6.08 Å². The number of aliphatic hydroxyl groups is 1. The van der Waals surface area contributed by atoms with Gasteiger partial charge >= 0.3 is 5.97 Å². The van der Waals surface area contributed by atoms with E-state index in [1.54, 1.807) is 13.0 Å². The molecule has 3 nitrogen and oxygen atoms in total. The van der Waals surface area contributed by atoms with Crippen LogP contribution in [0.3, 0.4) is 0 Å². The third-order valence-electron chi connectivity index (χ3n) is 3.13. The summed E-state index contributed by atoms with van der Waals surface area (Å²) in [5, 5.41) is 9.47. The van der Waals surface area contributed by atoms with E-state index >= 15 is 0 Å². The molecule has 1 aliphatic rings. The number of hydrogen-bond donors (Lipinski definition) is 1. The molecule has 96 valence electrons. The number of carbonyl (C=O) groups is 1. The van der Waals surface area contributed by atoms with E-state index in [9.17, 15) is 9.90 Å². The van der Waals surface area contributed by atoms with Gasteiger partial charge in [-0.05, 0) is 49.5 Å². The van der Waals surface area contributed by atoms with Crippen LogP contribution >= 0.6 is 0 Å². The smallest absolute Gasteiger partial charge is 0.338 e. The fourth-order valence-corrected chi connectivity index (χ4v) is 2.14. The monoisotopic (exact) mass is 246 g/mol. The van der Waals surface area contributed by atoms with Gasteiger partial charge < -0.3 is 9.84 Å². The quantitative estimate of drug-likeness (QED) is 0.834. The molecule has 0 radical (unpaired) electrons. The van der Waals surface area contributed by atoms with Crippen molar-refractivity contribution in [3.63, 3.8) is 0 Å². The lowest BCUT2D eigenvalue weighted by Gasteiger charge is -2.18. The molecular weight excluding hydrogens is 228 g/mol. The second-order valence-electron chi connectivity index (χ2n) is 4.46. The molecule has 1 aliphatic carbocycles. The van der Waals surface area contributed by atoms with Crippen LogP contribution in [0.1, 0.15) is 42.1 Å². The Morgan fingerprint density at radius 1 is 1.50 bits per heavy atom. The molecule has 0 saturated heterocycles. The molecule has 0 heterocycles. The molecular formula is C15H18O3. The lowest BCUT2D eigenvalue weighted by atomic mass is 9.91. The standard InChI is InChI=1S/C15H18O3/c1-2-18-15(17)13-5-3-4-12(10-13)11-6-8-14(16)9-7-11/h3-6,10,14,16H,2,7-9H2,1H3/t14-/m0/s1. The zero-order valence-electron chi connectivity index (χ0n) is 10.6. The van der Waals surface area contributed by atoms with Gasteiger partial charge in [-0.15, -0.1) is 0 Å². The zero-order valence-corrected chi connectivity index (χ0v) is 10.6. The number of hydrogen-bond acceptors (Lipinski definition) is 3. The molecule has 0 aliphatic heterocycles. The molecule has 18 heavy (non-hydrogen) atoms. The summed E-state index contributed by atoms with van der Waals surface area (Å²) in [6, 6.07) is 7.49. The molecule has 1 aromatic rings. The SMILES string of the molecule is CCOC(=O)c1cccc(C2=CC[C@H](O)CC2)c1. The summed E-state index contributed by atoms with van der Waals surface area (Å²) in [4.78, 5) is 11.7. The number of benzene rings is 1.